The average Bonchev–Trinajstić information content (AvgIpc) is 3.60. The highest BCUT2D eigenvalue weighted by Crippen LogP contribution is 2.38. The fraction of sp³-hybridized carbons (Fsp3) is 0.615. The number of methoxy groups -OCH3 is 1. The first-order valence-electron chi connectivity index (χ1n) is 18.5. The van der Waals surface area contributed by atoms with Crippen molar-refractivity contribution in [2.75, 3.05) is 31.6 Å². The summed E-state index contributed by atoms with van der Waals surface area (Å²) in [5.74, 6) is 2.24. The Morgan fingerprint density at radius 2 is 1.68 bits per heavy atom. The molecule has 6 rings (SSSR count). The van der Waals surface area contributed by atoms with Gasteiger partial charge in [0, 0.05) is 48.1 Å². The van der Waals surface area contributed by atoms with Crippen molar-refractivity contribution in [2.45, 2.75) is 116 Å². The lowest BCUT2D eigenvalue weighted by atomic mass is 9.79. The van der Waals surface area contributed by atoms with Crippen molar-refractivity contribution in [3.8, 4) is 16.9 Å². The van der Waals surface area contributed by atoms with Gasteiger partial charge in [0.15, 0.2) is 0 Å². The van der Waals surface area contributed by atoms with Gasteiger partial charge < -0.3 is 19.1 Å². The first kappa shape index (κ1) is 35.8. The van der Waals surface area contributed by atoms with Gasteiger partial charge in [0.05, 0.1) is 44.3 Å². The van der Waals surface area contributed by atoms with Gasteiger partial charge in [0.25, 0.3) is 0 Å². The van der Waals surface area contributed by atoms with Gasteiger partial charge >= 0.3 is 6.09 Å². The Hall–Kier alpha value is -3.99. The Morgan fingerprint density at radius 3 is 2.32 bits per heavy atom. The maximum atomic E-state index is 14.4. The van der Waals surface area contributed by atoms with E-state index in [2.05, 4.69) is 25.0 Å². The lowest BCUT2D eigenvalue weighted by Crippen LogP contribution is -2.56. The van der Waals surface area contributed by atoms with Crippen molar-refractivity contribution in [1.29, 1.82) is 0 Å². The van der Waals surface area contributed by atoms with Crippen LogP contribution in [0, 0.1) is 18.8 Å². The normalized spacial score (nSPS) is 22.8. The van der Waals surface area contributed by atoms with Crippen LogP contribution in [0.5, 0.6) is 5.75 Å². The summed E-state index contributed by atoms with van der Waals surface area (Å²) in [5.41, 5.74) is 4.04. The standard InChI is InChI=1S/C39H54N6O5/c1-25(2)45-22-32(20-41-45)31-17-18-40-37(19-31)44(21-28-7-9-29(10-8-28)35-15-16-36(48-6)27(5)42-35)38(46)30-11-13-33(14-12-30)50-39(47)43-23-34(24-43)49-26(3)4/h15-20,22,25-26,28-30,33-34H,7-14,21,23-24H2,1-6H3. The molecule has 0 bridgehead atoms. The zero-order valence-electron chi connectivity index (χ0n) is 30.6. The molecule has 1 aliphatic heterocycles. The summed E-state index contributed by atoms with van der Waals surface area (Å²) < 4.78 is 19.0. The van der Waals surface area contributed by atoms with Crippen LogP contribution in [0.1, 0.15) is 102 Å². The molecule has 11 nitrogen and oxygen atoms in total. The Labute approximate surface area is 296 Å². The van der Waals surface area contributed by atoms with E-state index in [1.165, 1.54) is 0 Å². The molecule has 0 unspecified atom stereocenters. The summed E-state index contributed by atoms with van der Waals surface area (Å²) in [4.78, 5) is 40.4. The molecule has 0 radical (unpaired) electrons. The van der Waals surface area contributed by atoms with Crippen LogP contribution in [0.4, 0.5) is 10.6 Å². The number of rotatable bonds is 11. The van der Waals surface area contributed by atoms with Crippen LogP contribution >= 0.6 is 0 Å². The van der Waals surface area contributed by atoms with Crippen molar-refractivity contribution in [1.82, 2.24) is 24.6 Å². The van der Waals surface area contributed by atoms with Crippen LogP contribution in [0.2, 0.25) is 0 Å². The minimum atomic E-state index is -0.276. The average molecular weight is 687 g/mol. The SMILES string of the molecule is COc1ccc(C2CCC(CN(C(=O)C3CCC(OC(=O)N4CC(OC(C)C)C4)CC3)c3cc(-c4cnn(C(C)C)c4)ccn3)CC2)nc1C. The maximum Gasteiger partial charge on any atom is 0.410 e. The molecule has 4 heterocycles. The number of hydrogen-bond donors (Lipinski definition) is 0. The van der Waals surface area contributed by atoms with Crippen LogP contribution in [-0.2, 0) is 14.3 Å². The zero-order valence-corrected chi connectivity index (χ0v) is 30.6. The number of hydrogen-bond acceptors (Lipinski definition) is 8. The molecule has 3 aromatic rings. The molecule has 2 aliphatic carbocycles. The van der Waals surface area contributed by atoms with E-state index in [1.807, 2.05) is 60.9 Å². The van der Waals surface area contributed by atoms with Gasteiger partial charge in [-0.1, -0.05) is 0 Å². The maximum absolute atomic E-state index is 14.4. The predicted octanol–water partition coefficient (Wildman–Crippen LogP) is 7.35. The van der Waals surface area contributed by atoms with Crippen molar-refractivity contribution in [2.24, 2.45) is 11.8 Å². The number of nitrogens with zero attached hydrogens (tertiary/aromatic N) is 6. The molecular formula is C39H54N6O5. The number of pyridine rings is 2. The summed E-state index contributed by atoms with van der Waals surface area (Å²) in [5, 5.41) is 4.54. The molecule has 0 aromatic carbocycles. The van der Waals surface area contributed by atoms with Gasteiger partial charge in [-0.3, -0.25) is 19.4 Å². The molecule has 0 N–H and O–H groups in total. The van der Waals surface area contributed by atoms with Crippen LogP contribution in [0.15, 0.2) is 42.9 Å². The number of likely N-dealkylation sites (tertiary alicyclic amines) is 1. The highest BCUT2D eigenvalue weighted by atomic mass is 16.6. The highest BCUT2D eigenvalue weighted by Gasteiger charge is 2.37. The van der Waals surface area contributed by atoms with Gasteiger partial charge in [-0.2, -0.15) is 5.10 Å². The number of carbonyl (C=O) groups excluding carboxylic acids is 2. The Balaban J connectivity index is 1.12. The quantitative estimate of drug-likeness (QED) is 0.206. The number of anilines is 1. The molecule has 270 valence electrons. The van der Waals surface area contributed by atoms with Crippen molar-refractivity contribution < 1.29 is 23.8 Å². The van der Waals surface area contributed by atoms with E-state index in [4.69, 9.17) is 24.2 Å². The van der Waals surface area contributed by atoms with Crippen molar-refractivity contribution in [3.05, 3.63) is 54.2 Å². The first-order chi connectivity index (χ1) is 24.1. The minimum Gasteiger partial charge on any atom is -0.495 e. The first-order valence-corrected chi connectivity index (χ1v) is 18.5. The third-order valence-corrected chi connectivity index (χ3v) is 10.6. The lowest BCUT2D eigenvalue weighted by Gasteiger charge is -2.40. The number of aryl methyl sites for hydroxylation is 1. The second-order valence-corrected chi connectivity index (χ2v) is 15.0. The Bertz CT molecular complexity index is 1600. The van der Waals surface area contributed by atoms with Gasteiger partial charge in [-0.15, -0.1) is 0 Å². The van der Waals surface area contributed by atoms with Gasteiger partial charge in [-0.25, -0.2) is 9.78 Å². The van der Waals surface area contributed by atoms with E-state index in [9.17, 15) is 9.59 Å². The Morgan fingerprint density at radius 1 is 0.940 bits per heavy atom. The molecule has 1 saturated heterocycles. The number of ether oxygens (including phenoxy) is 3. The molecule has 3 aliphatic rings. The monoisotopic (exact) mass is 686 g/mol. The fourth-order valence-electron chi connectivity index (χ4n) is 7.64. The molecule has 0 atom stereocenters. The van der Waals surface area contributed by atoms with Crippen molar-refractivity contribution in [3.63, 3.8) is 0 Å². The van der Waals surface area contributed by atoms with E-state index in [1.54, 1.807) is 18.2 Å². The van der Waals surface area contributed by atoms with Crippen LogP contribution in [0.3, 0.4) is 0 Å². The van der Waals surface area contributed by atoms with Crippen LogP contribution in [-0.4, -0.2) is 81.7 Å². The third kappa shape index (κ3) is 8.48. The molecule has 3 aromatic heterocycles. The van der Waals surface area contributed by atoms with Crippen LogP contribution in [0.25, 0.3) is 11.1 Å². The molecule has 11 heteroatoms. The predicted molar refractivity (Wildman–Crippen MR) is 192 cm³/mol. The minimum absolute atomic E-state index is 0.0822. The molecule has 3 fully saturated rings. The summed E-state index contributed by atoms with van der Waals surface area (Å²) in [7, 11) is 1.68. The topological polar surface area (TPSA) is 112 Å². The fourth-order valence-corrected chi connectivity index (χ4v) is 7.64. The number of aromatic nitrogens is 4. The van der Waals surface area contributed by atoms with E-state index in [0.717, 1.165) is 53.9 Å². The smallest absolute Gasteiger partial charge is 0.410 e. The zero-order chi connectivity index (χ0) is 35.4. The summed E-state index contributed by atoms with van der Waals surface area (Å²) in [6, 6.07) is 8.39. The van der Waals surface area contributed by atoms with E-state index in [0.29, 0.717) is 63.0 Å². The summed E-state index contributed by atoms with van der Waals surface area (Å²) in [6.45, 7) is 12.0. The van der Waals surface area contributed by atoms with Crippen LogP contribution < -0.4 is 9.64 Å². The van der Waals surface area contributed by atoms with E-state index < -0.39 is 0 Å². The number of carbonyl (C=O) groups is 2. The third-order valence-electron chi connectivity index (χ3n) is 10.6. The molecule has 2 amide bonds. The van der Waals surface area contributed by atoms with Crippen molar-refractivity contribution >= 4 is 17.8 Å². The second-order valence-electron chi connectivity index (χ2n) is 15.0. The highest BCUT2D eigenvalue weighted by molar-refractivity contribution is 5.94. The summed E-state index contributed by atoms with van der Waals surface area (Å²) in [6.07, 6.45) is 12.3. The number of amides is 2. The molecule has 0 spiro atoms. The van der Waals surface area contributed by atoms with Gasteiger partial charge in [0.1, 0.15) is 17.7 Å². The lowest BCUT2D eigenvalue weighted by molar-refractivity contribution is -0.124. The Kier molecular flexibility index (Phi) is 11.4. The second kappa shape index (κ2) is 15.9. The van der Waals surface area contributed by atoms with E-state index >= 15 is 0 Å². The molecule has 50 heavy (non-hydrogen) atoms. The molecular weight excluding hydrogens is 632 g/mol. The van der Waals surface area contributed by atoms with E-state index in [-0.39, 0.29) is 42.3 Å². The van der Waals surface area contributed by atoms with Gasteiger partial charge in [-0.05, 0) is 122 Å². The summed E-state index contributed by atoms with van der Waals surface area (Å²) >= 11 is 0. The molecule has 2 saturated carbocycles. The van der Waals surface area contributed by atoms with Gasteiger partial charge in [0.2, 0.25) is 5.91 Å². The largest absolute Gasteiger partial charge is 0.495 e.